The predicted molar refractivity (Wildman–Crippen MR) is 145 cm³/mol. The molecule has 10 nitrogen and oxygen atoms in total. The van der Waals surface area contributed by atoms with Crippen LogP contribution in [0.5, 0.6) is 11.5 Å². The summed E-state index contributed by atoms with van der Waals surface area (Å²) in [6, 6.07) is 16.8. The first kappa shape index (κ1) is 26.7. The number of ether oxygens (including phenoxy) is 2. The Balaban J connectivity index is 1.73. The molecular weight excluding hydrogens is 506 g/mol. The summed E-state index contributed by atoms with van der Waals surface area (Å²) in [6.07, 6.45) is 2.16. The Bertz CT molecular complexity index is 1530. The van der Waals surface area contributed by atoms with E-state index in [9.17, 15) is 13.2 Å². The molecule has 11 heteroatoms. The van der Waals surface area contributed by atoms with Crippen LogP contribution in [0.2, 0.25) is 0 Å². The average molecular weight is 536 g/mol. The van der Waals surface area contributed by atoms with Crippen molar-refractivity contribution in [2.45, 2.75) is 31.2 Å². The van der Waals surface area contributed by atoms with Gasteiger partial charge in [-0.25, -0.2) is 23.1 Å². The SMILES string of the molecule is CCCOc1ccc(C(Nc2ccc3c(N)ncnc3c2)C(=O)NS(=O)(=O)c2ccccc2)cc1OCC. The van der Waals surface area contributed by atoms with Crippen molar-refractivity contribution in [2.75, 3.05) is 24.3 Å². The van der Waals surface area contributed by atoms with Gasteiger partial charge in [0.15, 0.2) is 11.5 Å². The highest BCUT2D eigenvalue weighted by Crippen LogP contribution is 2.33. The number of benzene rings is 3. The molecule has 4 N–H and O–H groups in total. The number of rotatable bonds is 11. The van der Waals surface area contributed by atoms with Gasteiger partial charge in [-0.05, 0) is 61.4 Å². The highest BCUT2D eigenvalue weighted by atomic mass is 32.2. The molecule has 3 aromatic carbocycles. The smallest absolute Gasteiger partial charge is 0.264 e. The molecule has 4 aromatic rings. The summed E-state index contributed by atoms with van der Waals surface area (Å²) in [5, 5.41) is 3.79. The lowest BCUT2D eigenvalue weighted by molar-refractivity contribution is -0.120. The number of aromatic nitrogens is 2. The highest BCUT2D eigenvalue weighted by molar-refractivity contribution is 7.90. The number of sulfonamides is 1. The second-order valence-corrected chi connectivity index (χ2v) is 10.0. The molecule has 198 valence electrons. The zero-order valence-electron chi connectivity index (χ0n) is 21.0. The van der Waals surface area contributed by atoms with Crippen LogP contribution < -0.4 is 25.2 Å². The van der Waals surface area contributed by atoms with Crippen LogP contribution in [-0.4, -0.2) is 37.5 Å². The van der Waals surface area contributed by atoms with Gasteiger partial charge in [0.2, 0.25) is 0 Å². The van der Waals surface area contributed by atoms with Gasteiger partial charge in [-0.1, -0.05) is 31.2 Å². The van der Waals surface area contributed by atoms with Crippen molar-refractivity contribution >= 4 is 38.3 Å². The van der Waals surface area contributed by atoms with Crippen molar-refractivity contribution in [3.8, 4) is 11.5 Å². The largest absolute Gasteiger partial charge is 0.490 e. The lowest BCUT2D eigenvalue weighted by atomic mass is 10.0. The van der Waals surface area contributed by atoms with E-state index in [0.717, 1.165) is 6.42 Å². The van der Waals surface area contributed by atoms with Crippen LogP contribution in [0.3, 0.4) is 0 Å². The van der Waals surface area contributed by atoms with Gasteiger partial charge in [-0.15, -0.1) is 0 Å². The number of fused-ring (bicyclic) bond motifs is 1. The van der Waals surface area contributed by atoms with Gasteiger partial charge in [0, 0.05) is 11.1 Å². The Morgan fingerprint density at radius 3 is 2.50 bits per heavy atom. The molecule has 0 aliphatic heterocycles. The first-order valence-electron chi connectivity index (χ1n) is 12.1. The molecule has 0 fully saturated rings. The highest BCUT2D eigenvalue weighted by Gasteiger charge is 2.27. The molecule has 1 amide bonds. The molecule has 4 rings (SSSR count). The summed E-state index contributed by atoms with van der Waals surface area (Å²) in [7, 11) is -4.12. The molecule has 0 saturated carbocycles. The number of amides is 1. The normalized spacial score (nSPS) is 12.1. The van der Waals surface area contributed by atoms with E-state index in [-0.39, 0.29) is 4.90 Å². The van der Waals surface area contributed by atoms with E-state index in [1.54, 1.807) is 54.6 Å². The van der Waals surface area contributed by atoms with Crippen LogP contribution in [0.4, 0.5) is 11.5 Å². The summed E-state index contributed by atoms with van der Waals surface area (Å²) < 4.78 is 39.6. The lowest BCUT2D eigenvalue weighted by Gasteiger charge is -2.22. The molecule has 0 aliphatic rings. The van der Waals surface area contributed by atoms with Gasteiger partial charge in [0.1, 0.15) is 18.2 Å². The maximum absolute atomic E-state index is 13.5. The van der Waals surface area contributed by atoms with Crippen molar-refractivity contribution in [1.82, 2.24) is 14.7 Å². The van der Waals surface area contributed by atoms with Gasteiger partial charge in [-0.2, -0.15) is 0 Å². The summed E-state index contributed by atoms with van der Waals surface area (Å²) >= 11 is 0. The maximum Gasteiger partial charge on any atom is 0.264 e. The Kier molecular flexibility index (Phi) is 8.27. The standard InChI is InChI=1S/C27H29N5O5S/c1-3-14-37-23-13-10-18(15-24(23)36-4-2)25(27(33)32-38(34,35)20-8-6-5-7-9-20)31-19-11-12-21-22(16-19)29-17-30-26(21)28/h5-13,15-17,25,31H,3-4,14H2,1-2H3,(H,32,33)(H2,28,29,30). The number of nitrogens with zero attached hydrogens (tertiary/aromatic N) is 2. The van der Waals surface area contributed by atoms with E-state index < -0.39 is 22.0 Å². The average Bonchev–Trinajstić information content (AvgIpc) is 2.91. The number of hydrogen-bond acceptors (Lipinski definition) is 9. The van der Waals surface area contributed by atoms with E-state index in [0.29, 0.717) is 52.7 Å². The number of nitrogens with two attached hydrogens (primary N) is 1. The van der Waals surface area contributed by atoms with Crippen molar-refractivity contribution in [1.29, 1.82) is 0 Å². The second-order valence-electron chi connectivity index (χ2n) is 8.34. The van der Waals surface area contributed by atoms with Crippen LogP contribution in [0.1, 0.15) is 31.9 Å². The molecule has 0 radical (unpaired) electrons. The number of carbonyl (C=O) groups excluding carboxylic acids is 1. The fraction of sp³-hybridized carbons (Fsp3) is 0.222. The van der Waals surface area contributed by atoms with Crippen LogP contribution in [0.25, 0.3) is 10.9 Å². The fourth-order valence-electron chi connectivity index (χ4n) is 3.79. The minimum atomic E-state index is -4.12. The third-order valence-electron chi connectivity index (χ3n) is 5.59. The van der Waals surface area contributed by atoms with Crippen LogP contribution >= 0.6 is 0 Å². The molecule has 0 bridgehead atoms. The van der Waals surface area contributed by atoms with Gasteiger partial charge >= 0.3 is 0 Å². The van der Waals surface area contributed by atoms with Gasteiger partial charge in [0.25, 0.3) is 15.9 Å². The molecule has 0 aliphatic carbocycles. The summed E-state index contributed by atoms with van der Waals surface area (Å²) in [5.74, 6) is 0.532. The summed E-state index contributed by atoms with van der Waals surface area (Å²) in [6.45, 7) is 4.71. The third kappa shape index (κ3) is 6.12. The summed E-state index contributed by atoms with van der Waals surface area (Å²) in [4.78, 5) is 21.7. The maximum atomic E-state index is 13.5. The van der Waals surface area contributed by atoms with Crippen molar-refractivity contribution in [3.63, 3.8) is 0 Å². The minimum Gasteiger partial charge on any atom is -0.490 e. The monoisotopic (exact) mass is 535 g/mol. The van der Waals surface area contributed by atoms with Gasteiger partial charge in [-0.3, -0.25) is 4.79 Å². The van der Waals surface area contributed by atoms with Gasteiger partial charge < -0.3 is 20.5 Å². The van der Waals surface area contributed by atoms with E-state index >= 15 is 0 Å². The van der Waals surface area contributed by atoms with E-state index in [1.165, 1.54) is 18.5 Å². The summed E-state index contributed by atoms with van der Waals surface area (Å²) in [5.41, 5.74) is 7.50. The van der Waals surface area contributed by atoms with Gasteiger partial charge in [0.05, 0.1) is 23.6 Å². The topological polar surface area (TPSA) is 146 Å². The number of hydrogen-bond donors (Lipinski definition) is 3. The van der Waals surface area contributed by atoms with Crippen molar-refractivity contribution < 1.29 is 22.7 Å². The fourth-order valence-corrected chi connectivity index (χ4v) is 4.80. The molecule has 0 spiro atoms. The van der Waals surface area contributed by atoms with E-state index in [4.69, 9.17) is 15.2 Å². The number of carbonyl (C=O) groups is 1. The second kappa shape index (κ2) is 11.8. The van der Waals surface area contributed by atoms with Crippen molar-refractivity contribution in [2.24, 2.45) is 0 Å². The minimum absolute atomic E-state index is 0.0247. The number of anilines is 2. The Morgan fingerprint density at radius 2 is 1.76 bits per heavy atom. The molecule has 1 aromatic heterocycles. The van der Waals surface area contributed by atoms with Crippen LogP contribution in [-0.2, 0) is 14.8 Å². The zero-order valence-corrected chi connectivity index (χ0v) is 21.9. The Morgan fingerprint density at radius 1 is 0.974 bits per heavy atom. The predicted octanol–water partition coefficient (Wildman–Crippen LogP) is 4.06. The first-order chi connectivity index (χ1) is 18.3. The number of nitrogens with one attached hydrogen (secondary N) is 2. The van der Waals surface area contributed by atoms with E-state index in [1.807, 2.05) is 13.8 Å². The zero-order chi connectivity index (χ0) is 27.1. The molecular formula is C27H29N5O5S. The Hall–Kier alpha value is -4.38. The van der Waals surface area contributed by atoms with Crippen LogP contribution in [0.15, 0.2) is 78.0 Å². The number of nitrogen functional groups attached to an aromatic ring is 1. The van der Waals surface area contributed by atoms with Crippen molar-refractivity contribution in [3.05, 3.63) is 78.6 Å². The third-order valence-corrected chi connectivity index (χ3v) is 6.95. The molecule has 1 heterocycles. The van der Waals surface area contributed by atoms with Crippen LogP contribution in [0, 0.1) is 0 Å². The molecule has 0 saturated heterocycles. The molecule has 1 atom stereocenters. The quantitative estimate of drug-likeness (QED) is 0.259. The van der Waals surface area contributed by atoms with E-state index in [2.05, 4.69) is 20.0 Å². The first-order valence-corrected chi connectivity index (χ1v) is 13.6. The lowest BCUT2D eigenvalue weighted by Crippen LogP contribution is -2.37. The molecule has 38 heavy (non-hydrogen) atoms. The molecule has 1 unspecified atom stereocenters. The Labute approximate surface area is 221 Å².